The second-order valence-corrected chi connectivity index (χ2v) is 5.27. The summed E-state index contributed by atoms with van der Waals surface area (Å²) >= 11 is 0. The molecule has 0 aromatic carbocycles. The van der Waals surface area contributed by atoms with Gasteiger partial charge in [0.1, 0.15) is 5.82 Å². The Morgan fingerprint density at radius 2 is 2.30 bits per heavy atom. The van der Waals surface area contributed by atoms with Crippen molar-refractivity contribution >= 4 is 17.7 Å². The summed E-state index contributed by atoms with van der Waals surface area (Å²) in [5.41, 5.74) is 4.93. The fraction of sp³-hybridized carbons (Fsp3) is 0.500. The van der Waals surface area contributed by atoms with E-state index in [4.69, 9.17) is 5.73 Å². The van der Waals surface area contributed by atoms with E-state index in [-0.39, 0.29) is 0 Å². The van der Waals surface area contributed by atoms with Crippen LogP contribution in [0.3, 0.4) is 0 Å². The van der Waals surface area contributed by atoms with Gasteiger partial charge in [-0.25, -0.2) is 4.98 Å². The molecule has 6 heteroatoms. The zero-order chi connectivity index (χ0) is 14.8. The van der Waals surface area contributed by atoms with Crippen LogP contribution >= 0.6 is 0 Å². The molecule has 0 saturated carbocycles. The van der Waals surface area contributed by atoms with Crippen LogP contribution in [0.2, 0.25) is 0 Å². The molecule has 2 heterocycles. The average Bonchev–Trinajstić information content (AvgIpc) is 2.85. The molecule has 1 amide bonds. The minimum Gasteiger partial charge on any atom is -0.481 e. The van der Waals surface area contributed by atoms with Gasteiger partial charge in [-0.2, -0.15) is 0 Å². The number of hydrogen-bond donors (Lipinski definition) is 2. The number of amides is 1. The molecule has 0 aliphatic carbocycles. The van der Waals surface area contributed by atoms with Gasteiger partial charge in [0.25, 0.3) is 0 Å². The number of carboxylic acids is 1. The summed E-state index contributed by atoms with van der Waals surface area (Å²) < 4.78 is 0. The van der Waals surface area contributed by atoms with Crippen LogP contribution in [0.4, 0.5) is 5.82 Å². The van der Waals surface area contributed by atoms with E-state index in [9.17, 15) is 14.7 Å². The summed E-state index contributed by atoms with van der Waals surface area (Å²) in [5.74, 6) is -0.653. The van der Waals surface area contributed by atoms with Crippen LogP contribution in [-0.2, 0) is 4.79 Å². The van der Waals surface area contributed by atoms with Crippen LogP contribution in [0.1, 0.15) is 36.5 Å². The summed E-state index contributed by atoms with van der Waals surface area (Å²) in [5, 5.41) is 9.48. The molecule has 1 aliphatic heterocycles. The highest BCUT2D eigenvalue weighted by Crippen LogP contribution is 2.37. The second-order valence-electron chi connectivity index (χ2n) is 5.27. The molecular weight excluding hydrogens is 258 g/mol. The fourth-order valence-electron chi connectivity index (χ4n) is 2.78. The quantitative estimate of drug-likeness (QED) is 0.844. The van der Waals surface area contributed by atoms with Gasteiger partial charge in [-0.15, -0.1) is 0 Å². The molecule has 1 atom stereocenters. The first-order valence-corrected chi connectivity index (χ1v) is 6.73. The number of nitrogens with two attached hydrogens (primary N) is 1. The van der Waals surface area contributed by atoms with Crippen molar-refractivity contribution in [3.63, 3.8) is 0 Å². The third-order valence-electron chi connectivity index (χ3n) is 3.89. The molecule has 3 N–H and O–H groups in total. The molecule has 20 heavy (non-hydrogen) atoms. The lowest BCUT2D eigenvalue weighted by Crippen LogP contribution is -2.34. The van der Waals surface area contributed by atoms with E-state index in [0.29, 0.717) is 37.3 Å². The molecular formula is C14H19N3O3. The molecule has 2 rings (SSSR count). The first-order chi connectivity index (χ1) is 9.48. The summed E-state index contributed by atoms with van der Waals surface area (Å²) in [7, 11) is 0. The molecule has 1 saturated heterocycles. The summed E-state index contributed by atoms with van der Waals surface area (Å²) in [4.78, 5) is 28.9. The van der Waals surface area contributed by atoms with Crippen LogP contribution < -0.4 is 10.6 Å². The number of carboxylic acid groups (broad SMARTS) is 1. The molecule has 1 fully saturated rings. The number of rotatable bonds is 5. The molecule has 108 valence electrons. The normalized spacial score (nSPS) is 21.9. The van der Waals surface area contributed by atoms with Gasteiger partial charge in [0, 0.05) is 24.8 Å². The van der Waals surface area contributed by atoms with Crippen molar-refractivity contribution in [1.29, 1.82) is 0 Å². The fourth-order valence-corrected chi connectivity index (χ4v) is 2.78. The Hall–Kier alpha value is -2.11. The van der Waals surface area contributed by atoms with Crippen molar-refractivity contribution in [2.75, 3.05) is 18.0 Å². The van der Waals surface area contributed by atoms with Crippen molar-refractivity contribution in [1.82, 2.24) is 4.98 Å². The third kappa shape index (κ3) is 2.59. The van der Waals surface area contributed by atoms with Crippen LogP contribution in [0.5, 0.6) is 0 Å². The Bertz CT molecular complexity index is 532. The number of hydrogen-bond acceptors (Lipinski definition) is 4. The monoisotopic (exact) mass is 277 g/mol. The van der Waals surface area contributed by atoms with Gasteiger partial charge in [-0.3, -0.25) is 9.59 Å². The van der Waals surface area contributed by atoms with Crippen molar-refractivity contribution in [3.05, 3.63) is 23.9 Å². The van der Waals surface area contributed by atoms with E-state index in [0.717, 1.165) is 6.42 Å². The van der Waals surface area contributed by atoms with Gasteiger partial charge in [0.2, 0.25) is 5.91 Å². The third-order valence-corrected chi connectivity index (χ3v) is 3.89. The van der Waals surface area contributed by atoms with Gasteiger partial charge in [0.05, 0.1) is 5.41 Å². The van der Waals surface area contributed by atoms with E-state index in [1.54, 1.807) is 12.1 Å². The van der Waals surface area contributed by atoms with Crippen LogP contribution in [0, 0.1) is 5.41 Å². The van der Waals surface area contributed by atoms with E-state index < -0.39 is 17.3 Å². The van der Waals surface area contributed by atoms with Crippen LogP contribution in [-0.4, -0.2) is 35.1 Å². The van der Waals surface area contributed by atoms with Gasteiger partial charge >= 0.3 is 5.97 Å². The SMILES string of the molecule is CCCC1(C(=O)O)CCN(c2cc(C(N)=O)ccn2)C1. The van der Waals surface area contributed by atoms with Crippen molar-refractivity contribution in [3.8, 4) is 0 Å². The minimum atomic E-state index is -0.757. The highest BCUT2D eigenvalue weighted by Gasteiger charge is 2.44. The number of pyridine rings is 1. The smallest absolute Gasteiger partial charge is 0.311 e. The Morgan fingerprint density at radius 3 is 2.90 bits per heavy atom. The zero-order valence-electron chi connectivity index (χ0n) is 11.5. The van der Waals surface area contributed by atoms with Crippen LogP contribution in [0.25, 0.3) is 0 Å². The molecule has 1 aliphatic rings. The number of anilines is 1. The van der Waals surface area contributed by atoms with Crippen molar-refractivity contribution in [2.24, 2.45) is 11.1 Å². The molecule has 0 radical (unpaired) electrons. The maximum Gasteiger partial charge on any atom is 0.311 e. The predicted molar refractivity (Wildman–Crippen MR) is 74.6 cm³/mol. The number of carbonyl (C=O) groups excluding carboxylic acids is 1. The van der Waals surface area contributed by atoms with Gasteiger partial charge in [0.15, 0.2) is 0 Å². The van der Waals surface area contributed by atoms with E-state index >= 15 is 0 Å². The summed E-state index contributed by atoms with van der Waals surface area (Å²) in [6.45, 7) is 3.03. The van der Waals surface area contributed by atoms with Crippen molar-refractivity contribution < 1.29 is 14.7 Å². The first-order valence-electron chi connectivity index (χ1n) is 6.73. The lowest BCUT2D eigenvalue weighted by atomic mass is 9.83. The molecule has 1 unspecified atom stereocenters. The maximum absolute atomic E-state index is 11.5. The number of aliphatic carboxylic acids is 1. The average molecular weight is 277 g/mol. The van der Waals surface area contributed by atoms with Crippen molar-refractivity contribution in [2.45, 2.75) is 26.2 Å². The lowest BCUT2D eigenvalue weighted by molar-refractivity contribution is -0.148. The van der Waals surface area contributed by atoms with Gasteiger partial charge in [-0.05, 0) is 25.0 Å². The largest absolute Gasteiger partial charge is 0.481 e. The van der Waals surface area contributed by atoms with Gasteiger partial charge in [-0.1, -0.05) is 13.3 Å². The maximum atomic E-state index is 11.5. The highest BCUT2D eigenvalue weighted by molar-refractivity contribution is 5.93. The van der Waals surface area contributed by atoms with E-state index in [2.05, 4.69) is 4.98 Å². The van der Waals surface area contributed by atoms with Gasteiger partial charge < -0.3 is 15.7 Å². The number of nitrogens with zero attached hydrogens (tertiary/aromatic N) is 2. The topological polar surface area (TPSA) is 96.5 Å². The molecule has 1 aromatic heterocycles. The molecule has 0 spiro atoms. The Balaban J connectivity index is 2.22. The summed E-state index contributed by atoms with van der Waals surface area (Å²) in [6.07, 6.45) is 3.60. The number of aromatic nitrogens is 1. The highest BCUT2D eigenvalue weighted by atomic mass is 16.4. The Kier molecular flexibility index (Phi) is 3.92. The Labute approximate surface area is 117 Å². The van der Waals surface area contributed by atoms with E-state index in [1.165, 1.54) is 6.20 Å². The summed E-state index contributed by atoms with van der Waals surface area (Å²) in [6, 6.07) is 3.17. The Morgan fingerprint density at radius 1 is 1.55 bits per heavy atom. The lowest BCUT2D eigenvalue weighted by Gasteiger charge is -2.24. The number of carbonyl (C=O) groups is 2. The number of primary amides is 1. The van der Waals surface area contributed by atoms with Crippen LogP contribution in [0.15, 0.2) is 18.3 Å². The standard InChI is InChI=1S/C14H19N3O3/c1-2-4-14(13(19)20)5-7-17(9-14)11-8-10(12(15)18)3-6-16-11/h3,6,8H,2,4-5,7,9H2,1H3,(H2,15,18)(H,19,20). The van der Waals surface area contributed by atoms with E-state index in [1.807, 2.05) is 11.8 Å². The predicted octanol–water partition coefficient (Wildman–Crippen LogP) is 1.26. The molecule has 0 bridgehead atoms. The minimum absolute atomic E-state index is 0.387. The molecule has 6 nitrogen and oxygen atoms in total. The second kappa shape index (κ2) is 5.48. The first kappa shape index (κ1) is 14.3. The molecule has 1 aromatic rings. The zero-order valence-corrected chi connectivity index (χ0v) is 11.5.